The number of nitrogens with zero attached hydrogens (tertiary/aromatic N) is 3. The van der Waals surface area contributed by atoms with Crippen LogP contribution in [0.4, 0.5) is 0 Å². The zero-order chi connectivity index (χ0) is 22.6. The number of pyridine rings is 1. The first-order chi connectivity index (χ1) is 16.2. The van der Waals surface area contributed by atoms with Crippen molar-refractivity contribution < 1.29 is 14.3 Å². The lowest BCUT2D eigenvalue weighted by Gasteiger charge is -2.27. The van der Waals surface area contributed by atoms with Gasteiger partial charge < -0.3 is 14.4 Å². The van der Waals surface area contributed by atoms with Crippen molar-refractivity contribution in [1.82, 2.24) is 9.88 Å². The van der Waals surface area contributed by atoms with Crippen molar-refractivity contribution in [3.8, 4) is 28.1 Å². The summed E-state index contributed by atoms with van der Waals surface area (Å²) in [6.07, 6.45) is 1.81. The number of hydrogen-bond acceptors (Lipinski definition) is 6. The van der Waals surface area contributed by atoms with Gasteiger partial charge in [0.25, 0.3) is 5.91 Å². The molecule has 0 bridgehead atoms. The van der Waals surface area contributed by atoms with Gasteiger partial charge in [0.05, 0.1) is 36.6 Å². The number of amidine groups is 1. The Morgan fingerprint density at radius 1 is 1.00 bits per heavy atom. The maximum atomic E-state index is 12.5. The highest BCUT2D eigenvalue weighted by Crippen LogP contribution is 2.34. The number of carbonyl (C=O) groups is 1. The smallest absolute Gasteiger partial charge is 0.286 e. The maximum absolute atomic E-state index is 12.5. The summed E-state index contributed by atoms with van der Waals surface area (Å²) in [4.78, 5) is 24.2. The van der Waals surface area contributed by atoms with Crippen molar-refractivity contribution in [1.29, 1.82) is 0 Å². The van der Waals surface area contributed by atoms with Crippen LogP contribution in [0.2, 0.25) is 0 Å². The molecule has 2 aliphatic rings. The van der Waals surface area contributed by atoms with Crippen LogP contribution in [0.3, 0.4) is 0 Å². The number of rotatable bonds is 4. The van der Waals surface area contributed by atoms with E-state index in [-0.39, 0.29) is 5.91 Å². The summed E-state index contributed by atoms with van der Waals surface area (Å²) in [5, 5.41) is 0.744. The summed E-state index contributed by atoms with van der Waals surface area (Å²) in [6, 6.07) is 22.0. The van der Waals surface area contributed by atoms with Crippen molar-refractivity contribution in [3.05, 3.63) is 77.3 Å². The molecule has 1 fully saturated rings. The van der Waals surface area contributed by atoms with Crippen molar-refractivity contribution >= 4 is 28.9 Å². The third-order valence-corrected chi connectivity index (χ3v) is 6.56. The van der Waals surface area contributed by atoms with Crippen LogP contribution < -0.4 is 4.74 Å². The Hall–Kier alpha value is -3.42. The molecule has 0 spiro atoms. The van der Waals surface area contributed by atoms with Gasteiger partial charge in [-0.05, 0) is 53.7 Å². The van der Waals surface area contributed by atoms with Gasteiger partial charge in [0.1, 0.15) is 5.75 Å². The standard InChI is InChI=1S/C26H23N3O3S/c1-31-23-11-10-19(16-21(23)18-6-3-2-4-7-18)22-9-5-8-20(27-22)17-24-25(30)28-26(33-24)29-12-14-32-15-13-29/h2-11,16-17H,12-15H2,1H3. The van der Waals surface area contributed by atoms with Crippen LogP contribution in [0.5, 0.6) is 5.75 Å². The molecule has 6 nitrogen and oxygen atoms in total. The van der Waals surface area contributed by atoms with Crippen LogP contribution in [-0.2, 0) is 9.53 Å². The van der Waals surface area contributed by atoms with E-state index < -0.39 is 0 Å². The zero-order valence-corrected chi connectivity index (χ0v) is 19.0. The number of hydrogen-bond donors (Lipinski definition) is 0. The molecule has 166 valence electrons. The summed E-state index contributed by atoms with van der Waals surface area (Å²) >= 11 is 1.40. The van der Waals surface area contributed by atoms with Crippen LogP contribution in [0.1, 0.15) is 5.69 Å². The molecule has 3 heterocycles. The second-order valence-electron chi connectivity index (χ2n) is 7.64. The molecule has 1 saturated heterocycles. The number of methoxy groups -OCH3 is 1. The van der Waals surface area contributed by atoms with Gasteiger partial charge in [-0.2, -0.15) is 4.99 Å². The topological polar surface area (TPSA) is 64.0 Å². The van der Waals surface area contributed by atoms with E-state index in [1.54, 1.807) is 7.11 Å². The predicted octanol–water partition coefficient (Wildman–Crippen LogP) is 4.73. The van der Waals surface area contributed by atoms with Gasteiger partial charge in [0, 0.05) is 24.2 Å². The second kappa shape index (κ2) is 9.60. The Labute approximate surface area is 197 Å². The maximum Gasteiger partial charge on any atom is 0.286 e. The summed E-state index contributed by atoms with van der Waals surface area (Å²) < 4.78 is 11.0. The molecule has 2 aliphatic heterocycles. The highest BCUT2D eigenvalue weighted by atomic mass is 32.2. The fourth-order valence-corrected chi connectivity index (χ4v) is 4.77. The first kappa shape index (κ1) is 21.4. The van der Waals surface area contributed by atoms with Crippen molar-refractivity contribution in [3.63, 3.8) is 0 Å². The summed E-state index contributed by atoms with van der Waals surface area (Å²) in [5.74, 6) is 0.591. The molecule has 0 N–H and O–H groups in total. The van der Waals surface area contributed by atoms with Gasteiger partial charge in [-0.15, -0.1) is 0 Å². The lowest BCUT2D eigenvalue weighted by Crippen LogP contribution is -2.38. The molecule has 0 aliphatic carbocycles. The average Bonchev–Trinajstić information content (AvgIpc) is 3.25. The number of benzene rings is 2. The number of ether oxygens (including phenoxy) is 2. The Bertz CT molecular complexity index is 1230. The molecule has 0 saturated carbocycles. The van der Waals surface area contributed by atoms with E-state index in [0.717, 1.165) is 52.1 Å². The largest absolute Gasteiger partial charge is 0.496 e. The average molecular weight is 458 g/mol. The third kappa shape index (κ3) is 4.69. The molecule has 0 atom stereocenters. The normalized spacial score (nSPS) is 17.4. The van der Waals surface area contributed by atoms with E-state index in [2.05, 4.69) is 28.1 Å². The predicted molar refractivity (Wildman–Crippen MR) is 132 cm³/mol. The minimum Gasteiger partial charge on any atom is -0.496 e. The lowest BCUT2D eigenvalue weighted by molar-refractivity contribution is -0.113. The van der Waals surface area contributed by atoms with E-state index in [4.69, 9.17) is 14.5 Å². The molecule has 0 radical (unpaired) electrons. The number of aliphatic imine (C=N–C) groups is 1. The van der Waals surface area contributed by atoms with Crippen LogP contribution in [0.15, 0.2) is 76.6 Å². The van der Waals surface area contributed by atoms with Crippen LogP contribution in [0.25, 0.3) is 28.5 Å². The SMILES string of the molecule is COc1ccc(-c2cccc(C=C3SC(N4CCOCC4)=NC3=O)n2)cc1-c1ccccc1. The minimum atomic E-state index is -0.218. The summed E-state index contributed by atoms with van der Waals surface area (Å²) in [6.45, 7) is 2.81. The number of aromatic nitrogens is 1. The van der Waals surface area contributed by atoms with E-state index in [1.807, 2.05) is 54.6 Å². The third-order valence-electron chi connectivity index (χ3n) is 5.52. The van der Waals surface area contributed by atoms with E-state index in [0.29, 0.717) is 18.1 Å². The molecule has 3 aromatic rings. The molecular formula is C26H23N3O3S. The van der Waals surface area contributed by atoms with Gasteiger partial charge in [0.15, 0.2) is 5.17 Å². The Balaban J connectivity index is 1.42. The number of amides is 1. The fraction of sp³-hybridized carbons (Fsp3) is 0.192. The van der Waals surface area contributed by atoms with Gasteiger partial charge in [-0.3, -0.25) is 4.79 Å². The number of morpholine rings is 1. The molecular weight excluding hydrogens is 434 g/mol. The molecule has 1 amide bonds. The number of thioether (sulfide) groups is 1. The molecule has 2 aromatic carbocycles. The number of carbonyl (C=O) groups excluding carboxylic acids is 1. The van der Waals surface area contributed by atoms with Crippen LogP contribution >= 0.6 is 11.8 Å². The molecule has 1 aromatic heterocycles. The van der Waals surface area contributed by atoms with Gasteiger partial charge in [-0.25, -0.2) is 4.98 Å². The quantitative estimate of drug-likeness (QED) is 0.528. The van der Waals surface area contributed by atoms with Crippen molar-refractivity contribution in [2.75, 3.05) is 33.4 Å². The zero-order valence-electron chi connectivity index (χ0n) is 18.2. The highest BCUT2D eigenvalue weighted by Gasteiger charge is 2.27. The Kier molecular flexibility index (Phi) is 6.24. The second-order valence-corrected chi connectivity index (χ2v) is 8.65. The highest BCUT2D eigenvalue weighted by molar-refractivity contribution is 8.18. The fourth-order valence-electron chi connectivity index (χ4n) is 3.83. The van der Waals surface area contributed by atoms with Gasteiger partial charge in [0.2, 0.25) is 0 Å². The Morgan fingerprint density at radius 2 is 1.82 bits per heavy atom. The summed E-state index contributed by atoms with van der Waals surface area (Å²) in [7, 11) is 1.68. The van der Waals surface area contributed by atoms with E-state index >= 15 is 0 Å². The van der Waals surface area contributed by atoms with Gasteiger partial charge >= 0.3 is 0 Å². The monoisotopic (exact) mass is 457 g/mol. The van der Waals surface area contributed by atoms with Gasteiger partial charge in [-0.1, -0.05) is 36.4 Å². The van der Waals surface area contributed by atoms with Crippen LogP contribution in [-0.4, -0.2) is 54.4 Å². The molecule has 0 unspecified atom stereocenters. The lowest BCUT2D eigenvalue weighted by atomic mass is 10.00. The summed E-state index contributed by atoms with van der Waals surface area (Å²) in [5.41, 5.74) is 4.61. The van der Waals surface area contributed by atoms with Crippen molar-refractivity contribution in [2.45, 2.75) is 0 Å². The first-order valence-corrected chi connectivity index (χ1v) is 11.6. The molecule has 7 heteroatoms. The van der Waals surface area contributed by atoms with Crippen LogP contribution in [0, 0.1) is 0 Å². The molecule has 33 heavy (non-hydrogen) atoms. The minimum absolute atomic E-state index is 0.218. The van der Waals surface area contributed by atoms with E-state index in [9.17, 15) is 4.79 Å². The van der Waals surface area contributed by atoms with E-state index in [1.165, 1.54) is 11.8 Å². The first-order valence-electron chi connectivity index (χ1n) is 10.8. The Morgan fingerprint density at radius 3 is 2.61 bits per heavy atom. The van der Waals surface area contributed by atoms with Crippen molar-refractivity contribution in [2.24, 2.45) is 4.99 Å². The molecule has 5 rings (SSSR count).